The van der Waals surface area contributed by atoms with Crippen molar-refractivity contribution in [3.05, 3.63) is 21.0 Å². The van der Waals surface area contributed by atoms with Gasteiger partial charge in [-0.15, -0.1) is 11.3 Å². The van der Waals surface area contributed by atoms with E-state index in [0.29, 0.717) is 5.92 Å². The summed E-state index contributed by atoms with van der Waals surface area (Å²) >= 11 is 5.26. The molecule has 0 bridgehead atoms. The highest BCUT2D eigenvalue weighted by molar-refractivity contribution is 9.11. The second kappa shape index (κ2) is 4.46. The molecule has 3 nitrogen and oxygen atoms in total. The van der Waals surface area contributed by atoms with E-state index in [0.717, 1.165) is 20.9 Å². The van der Waals surface area contributed by atoms with Gasteiger partial charge in [-0.25, -0.2) is 0 Å². The Morgan fingerprint density at radius 3 is 2.59 bits per heavy atom. The van der Waals surface area contributed by atoms with E-state index >= 15 is 0 Å². The maximum atomic E-state index is 6.08. The Labute approximate surface area is 114 Å². The highest BCUT2D eigenvalue weighted by atomic mass is 79.9. The molecule has 2 rings (SSSR count). The Balaban J connectivity index is 2.63. The first-order valence-electron chi connectivity index (χ1n) is 5.50. The third-order valence-electron chi connectivity index (χ3n) is 2.80. The quantitative estimate of drug-likeness (QED) is 0.913. The second-order valence-electron chi connectivity index (χ2n) is 4.49. The van der Waals surface area contributed by atoms with Crippen molar-refractivity contribution in [2.45, 2.75) is 26.7 Å². The molecule has 17 heavy (non-hydrogen) atoms. The van der Waals surface area contributed by atoms with Crippen LogP contribution in [0, 0.1) is 6.92 Å². The van der Waals surface area contributed by atoms with E-state index in [9.17, 15) is 0 Å². The molecular weight excluding hydrogens is 298 g/mol. The van der Waals surface area contributed by atoms with Crippen LogP contribution in [0.1, 0.15) is 30.9 Å². The van der Waals surface area contributed by atoms with E-state index in [2.05, 4.69) is 47.9 Å². The third kappa shape index (κ3) is 2.13. The summed E-state index contributed by atoms with van der Waals surface area (Å²) in [7, 11) is 1.89. The topological polar surface area (TPSA) is 43.8 Å². The van der Waals surface area contributed by atoms with Crippen molar-refractivity contribution in [2.75, 3.05) is 5.73 Å². The number of hydrogen-bond acceptors (Lipinski definition) is 3. The molecule has 5 heteroatoms. The number of halogens is 1. The maximum absolute atomic E-state index is 6.08. The standard InChI is InChI=1S/C12H16BrN3S/c1-6(2)9-10(15-16(4)12(9)14)8-5-7(3)11(13)17-8/h5-6H,14H2,1-4H3. The number of aryl methyl sites for hydroxylation is 2. The van der Waals surface area contributed by atoms with Crippen molar-refractivity contribution in [3.8, 4) is 10.6 Å². The molecule has 2 heterocycles. The van der Waals surface area contributed by atoms with Crippen LogP contribution in [-0.4, -0.2) is 9.78 Å². The van der Waals surface area contributed by atoms with Gasteiger partial charge in [0.05, 0.1) is 8.66 Å². The van der Waals surface area contributed by atoms with Crippen molar-refractivity contribution in [2.24, 2.45) is 7.05 Å². The van der Waals surface area contributed by atoms with Crippen molar-refractivity contribution >= 4 is 33.1 Å². The van der Waals surface area contributed by atoms with Gasteiger partial charge >= 0.3 is 0 Å². The lowest BCUT2D eigenvalue weighted by Crippen LogP contribution is -2.00. The van der Waals surface area contributed by atoms with E-state index in [-0.39, 0.29) is 0 Å². The third-order valence-corrected chi connectivity index (χ3v) is 4.94. The zero-order valence-corrected chi connectivity index (χ0v) is 12.8. The number of nitrogens with zero attached hydrogens (tertiary/aromatic N) is 2. The molecule has 0 aromatic carbocycles. The van der Waals surface area contributed by atoms with Gasteiger partial charge in [-0.3, -0.25) is 4.68 Å². The van der Waals surface area contributed by atoms with Crippen LogP contribution < -0.4 is 5.73 Å². The average Bonchev–Trinajstić information content (AvgIpc) is 2.70. The largest absolute Gasteiger partial charge is 0.384 e. The van der Waals surface area contributed by atoms with Gasteiger partial charge in [0, 0.05) is 12.6 Å². The average molecular weight is 314 g/mol. The Morgan fingerprint density at radius 2 is 2.12 bits per heavy atom. The van der Waals surface area contributed by atoms with Gasteiger partial charge in [-0.2, -0.15) is 5.10 Å². The molecule has 0 aliphatic carbocycles. The van der Waals surface area contributed by atoms with Gasteiger partial charge in [0.2, 0.25) is 0 Å². The number of anilines is 1. The van der Waals surface area contributed by atoms with Gasteiger partial charge in [0.25, 0.3) is 0 Å². The Hall–Kier alpha value is -0.810. The first-order chi connectivity index (χ1) is 7.91. The molecule has 2 aromatic heterocycles. The Morgan fingerprint density at radius 1 is 1.47 bits per heavy atom. The predicted octanol–water partition coefficient (Wildman–Crippen LogP) is 3.93. The minimum absolute atomic E-state index is 0.375. The molecule has 0 radical (unpaired) electrons. The molecule has 0 saturated heterocycles. The van der Waals surface area contributed by atoms with Gasteiger partial charge < -0.3 is 5.73 Å². The fourth-order valence-corrected chi connectivity index (χ4v) is 3.41. The fourth-order valence-electron chi connectivity index (χ4n) is 1.88. The minimum atomic E-state index is 0.375. The van der Waals surface area contributed by atoms with Crippen molar-refractivity contribution < 1.29 is 0 Å². The van der Waals surface area contributed by atoms with Crippen LogP contribution in [0.25, 0.3) is 10.6 Å². The summed E-state index contributed by atoms with van der Waals surface area (Å²) in [6, 6.07) is 2.16. The van der Waals surface area contributed by atoms with E-state index < -0.39 is 0 Å². The smallest absolute Gasteiger partial charge is 0.125 e. The Kier molecular flexibility index (Phi) is 3.32. The molecule has 92 valence electrons. The second-order valence-corrected chi connectivity index (χ2v) is 6.86. The van der Waals surface area contributed by atoms with Crippen LogP contribution in [0.5, 0.6) is 0 Å². The van der Waals surface area contributed by atoms with E-state index in [1.54, 1.807) is 16.0 Å². The van der Waals surface area contributed by atoms with Crippen LogP contribution >= 0.6 is 27.3 Å². The Bertz CT molecular complexity index is 535. The summed E-state index contributed by atoms with van der Waals surface area (Å²) in [4.78, 5) is 1.17. The monoisotopic (exact) mass is 313 g/mol. The van der Waals surface area contributed by atoms with Crippen LogP contribution in [0.4, 0.5) is 5.82 Å². The van der Waals surface area contributed by atoms with Gasteiger partial charge in [0.1, 0.15) is 11.5 Å². The molecular formula is C12H16BrN3S. The highest BCUT2D eigenvalue weighted by Gasteiger charge is 2.20. The van der Waals surface area contributed by atoms with Crippen LogP contribution in [-0.2, 0) is 7.05 Å². The minimum Gasteiger partial charge on any atom is -0.384 e. The van der Waals surface area contributed by atoms with Crippen molar-refractivity contribution in [1.82, 2.24) is 9.78 Å². The predicted molar refractivity (Wildman–Crippen MR) is 77.5 cm³/mol. The van der Waals surface area contributed by atoms with E-state index in [4.69, 9.17) is 5.73 Å². The summed E-state index contributed by atoms with van der Waals surface area (Å²) in [5.74, 6) is 1.14. The van der Waals surface area contributed by atoms with Crippen LogP contribution in [0.2, 0.25) is 0 Å². The molecule has 2 N–H and O–H groups in total. The first kappa shape index (κ1) is 12.6. The molecule has 0 saturated carbocycles. The zero-order valence-electron chi connectivity index (χ0n) is 10.4. The summed E-state index contributed by atoms with van der Waals surface area (Å²) < 4.78 is 2.92. The summed E-state index contributed by atoms with van der Waals surface area (Å²) in [6.07, 6.45) is 0. The summed E-state index contributed by atoms with van der Waals surface area (Å²) in [5.41, 5.74) is 9.47. The normalized spacial score (nSPS) is 11.4. The van der Waals surface area contributed by atoms with E-state index in [1.807, 2.05) is 7.05 Å². The molecule has 2 aromatic rings. The summed E-state index contributed by atoms with van der Waals surface area (Å²) in [6.45, 7) is 6.38. The SMILES string of the molecule is Cc1cc(-c2nn(C)c(N)c2C(C)C)sc1Br. The fraction of sp³-hybridized carbons (Fsp3) is 0.417. The van der Waals surface area contributed by atoms with Crippen LogP contribution in [0.15, 0.2) is 9.85 Å². The molecule has 0 atom stereocenters. The molecule has 0 fully saturated rings. The van der Waals surface area contributed by atoms with E-state index in [1.165, 1.54) is 10.4 Å². The maximum Gasteiger partial charge on any atom is 0.125 e. The number of nitrogens with two attached hydrogens (primary N) is 1. The van der Waals surface area contributed by atoms with Gasteiger partial charge in [-0.05, 0) is 40.4 Å². The number of aromatic nitrogens is 2. The molecule has 0 aliphatic rings. The lowest BCUT2D eigenvalue weighted by molar-refractivity contribution is 0.780. The lowest BCUT2D eigenvalue weighted by Gasteiger charge is -2.05. The zero-order chi connectivity index (χ0) is 12.7. The molecule has 0 aliphatic heterocycles. The number of hydrogen-bond donors (Lipinski definition) is 1. The van der Waals surface area contributed by atoms with Gasteiger partial charge in [-0.1, -0.05) is 13.8 Å². The lowest BCUT2D eigenvalue weighted by atomic mass is 10.0. The number of nitrogen functional groups attached to an aromatic ring is 1. The van der Waals surface area contributed by atoms with Crippen molar-refractivity contribution in [3.63, 3.8) is 0 Å². The number of rotatable bonds is 2. The molecule has 0 unspecified atom stereocenters. The first-order valence-corrected chi connectivity index (χ1v) is 7.11. The highest BCUT2D eigenvalue weighted by Crippen LogP contribution is 2.39. The van der Waals surface area contributed by atoms with Crippen molar-refractivity contribution in [1.29, 1.82) is 0 Å². The van der Waals surface area contributed by atoms with Gasteiger partial charge in [0.15, 0.2) is 0 Å². The molecule has 0 spiro atoms. The number of thiophene rings is 1. The summed E-state index contributed by atoms with van der Waals surface area (Å²) in [5, 5.41) is 4.54. The van der Waals surface area contributed by atoms with Crippen LogP contribution in [0.3, 0.4) is 0 Å². The molecule has 0 amide bonds.